The second-order valence-corrected chi connectivity index (χ2v) is 6.29. The number of rotatable bonds is 6. The Labute approximate surface area is 152 Å². The largest absolute Gasteiger partial charge is 0.325 e. The van der Waals surface area contributed by atoms with Crippen molar-refractivity contribution in [3.63, 3.8) is 0 Å². The number of carbonyl (C=O) groups excluding carboxylic acids is 1. The third kappa shape index (κ3) is 4.22. The van der Waals surface area contributed by atoms with Crippen LogP contribution in [-0.2, 0) is 4.79 Å². The molecule has 0 unspecified atom stereocenters. The van der Waals surface area contributed by atoms with E-state index in [9.17, 15) is 14.9 Å². The zero-order valence-corrected chi connectivity index (χ0v) is 14.5. The number of benzene rings is 2. The lowest BCUT2D eigenvalue weighted by atomic mass is 10.2. The number of nitrogens with one attached hydrogen (secondary N) is 1. The Balaban J connectivity index is 1.61. The molecule has 1 N–H and O–H groups in total. The molecule has 0 aliphatic rings. The molecule has 0 atom stereocenters. The Morgan fingerprint density at radius 3 is 2.54 bits per heavy atom. The fourth-order valence-electron chi connectivity index (χ4n) is 2.11. The number of non-ortho nitro benzene ring substituents is 1. The number of tetrazole rings is 1. The zero-order valence-electron chi connectivity index (χ0n) is 13.7. The molecule has 2 aromatic carbocycles. The normalized spacial score (nSPS) is 10.5. The molecule has 0 saturated heterocycles. The molecule has 132 valence electrons. The molecule has 0 bridgehead atoms. The van der Waals surface area contributed by atoms with Crippen LogP contribution in [-0.4, -0.2) is 36.8 Å². The van der Waals surface area contributed by atoms with Gasteiger partial charge in [-0.3, -0.25) is 14.9 Å². The zero-order chi connectivity index (χ0) is 18.5. The van der Waals surface area contributed by atoms with E-state index >= 15 is 0 Å². The van der Waals surface area contributed by atoms with Gasteiger partial charge in [0.05, 0.1) is 16.4 Å². The summed E-state index contributed by atoms with van der Waals surface area (Å²) in [5.41, 5.74) is 2.38. The van der Waals surface area contributed by atoms with Crippen LogP contribution in [0.15, 0.2) is 53.7 Å². The third-order valence-corrected chi connectivity index (χ3v) is 4.33. The predicted molar refractivity (Wildman–Crippen MR) is 96.3 cm³/mol. The highest BCUT2D eigenvalue weighted by atomic mass is 32.2. The molecule has 0 radical (unpaired) electrons. The molecular weight excluding hydrogens is 356 g/mol. The number of hydrogen-bond donors (Lipinski definition) is 1. The van der Waals surface area contributed by atoms with E-state index in [1.807, 2.05) is 31.2 Å². The lowest BCUT2D eigenvalue weighted by Crippen LogP contribution is -2.14. The van der Waals surface area contributed by atoms with Crippen molar-refractivity contribution in [1.29, 1.82) is 0 Å². The van der Waals surface area contributed by atoms with Gasteiger partial charge in [0, 0.05) is 17.8 Å². The number of nitro benzene ring substituents is 1. The van der Waals surface area contributed by atoms with Crippen LogP contribution in [0.2, 0.25) is 0 Å². The maximum Gasteiger partial charge on any atom is 0.269 e. The average molecular weight is 370 g/mol. The Hall–Kier alpha value is -3.27. The maximum atomic E-state index is 12.1. The number of carbonyl (C=O) groups is 1. The van der Waals surface area contributed by atoms with Gasteiger partial charge in [0.15, 0.2) is 0 Å². The van der Waals surface area contributed by atoms with E-state index in [1.54, 1.807) is 4.68 Å². The van der Waals surface area contributed by atoms with E-state index in [0.29, 0.717) is 10.8 Å². The van der Waals surface area contributed by atoms with Crippen LogP contribution in [0.1, 0.15) is 5.56 Å². The highest BCUT2D eigenvalue weighted by molar-refractivity contribution is 7.99. The number of nitro groups is 1. The van der Waals surface area contributed by atoms with E-state index in [1.165, 1.54) is 36.0 Å². The van der Waals surface area contributed by atoms with Crippen molar-refractivity contribution in [2.24, 2.45) is 0 Å². The van der Waals surface area contributed by atoms with Crippen LogP contribution in [0.3, 0.4) is 0 Å². The molecule has 1 amide bonds. The van der Waals surface area contributed by atoms with Crippen molar-refractivity contribution in [3.8, 4) is 5.69 Å². The van der Waals surface area contributed by atoms with Gasteiger partial charge in [0.25, 0.3) is 5.69 Å². The van der Waals surface area contributed by atoms with Gasteiger partial charge < -0.3 is 5.32 Å². The molecule has 9 nitrogen and oxygen atoms in total. The van der Waals surface area contributed by atoms with E-state index in [0.717, 1.165) is 11.3 Å². The van der Waals surface area contributed by atoms with Crippen LogP contribution >= 0.6 is 11.8 Å². The van der Waals surface area contributed by atoms with Gasteiger partial charge in [-0.25, -0.2) is 0 Å². The number of nitrogens with zero attached hydrogens (tertiary/aromatic N) is 5. The first-order chi connectivity index (χ1) is 12.5. The molecule has 3 aromatic rings. The van der Waals surface area contributed by atoms with E-state index < -0.39 is 4.92 Å². The van der Waals surface area contributed by atoms with Gasteiger partial charge in [0.1, 0.15) is 0 Å². The Morgan fingerprint density at radius 2 is 1.88 bits per heavy atom. The van der Waals surface area contributed by atoms with Gasteiger partial charge in [-0.2, -0.15) is 4.68 Å². The molecule has 0 saturated carbocycles. The second kappa shape index (κ2) is 7.74. The van der Waals surface area contributed by atoms with Crippen LogP contribution in [0, 0.1) is 17.0 Å². The molecule has 0 aliphatic carbocycles. The lowest BCUT2D eigenvalue weighted by molar-refractivity contribution is -0.384. The summed E-state index contributed by atoms with van der Waals surface area (Å²) in [5.74, 6) is -0.161. The molecule has 1 aromatic heterocycles. The summed E-state index contributed by atoms with van der Waals surface area (Å²) in [6.07, 6.45) is 0. The number of amides is 1. The summed E-state index contributed by atoms with van der Waals surface area (Å²) in [4.78, 5) is 22.2. The topological polar surface area (TPSA) is 116 Å². The second-order valence-electron chi connectivity index (χ2n) is 5.35. The fraction of sp³-hybridized carbons (Fsp3) is 0.125. The minimum absolute atomic E-state index is 0.0327. The number of hydrogen-bond acceptors (Lipinski definition) is 7. The lowest BCUT2D eigenvalue weighted by Gasteiger charge is -2.06. The summed E-state index contributed by atoms with van der Waals surface area (Å²) >= 11 is 1.19. The molecule has 0 aliphatic heterocycles. The number of thioether (sulfide) groups is 1. The van der Waals surface area contributed by atoms with Gasteiger partial charge >= 0.3 is 0 Å². The van der Waals surface area contributed by atoms with E-state index in [4.69, 9.17) is 0 Å². The minimum Gasteiger partial charge on any atom is -0.325 e. The number of aromatic nitrogens is 4. The summed E-state index contributed by atoms with van der Waals surface area (Å²) in [6.45, 7) is 1.99. The van der Waals surface area contributed by atoms with Crippen molar-refractivity contribution in [3.05, 3.63) is 64.2 Å². The predicted octanol–water partition coefficient (Wildman–Crippen LogP) is 2.61. The first kappa shape index (κ1) is 17.5. The molecule has 0 fully saturated rings. The van der Waals surface area contributed by atoms with E-state index in [2.05, 4.69) is 20.8 Å². The third-order valence-electron chi connectivity index (χ3n) is 3.41. The van der Waals surface area contributed by atoms with Crippen LogP contribution in [0.5, 0.6) is 0 Å². The van der Waals surface area contributed by atoms with Gasteiger partial charge in [-0.1, -0.05) is 29.5 Å². The van der Waals surface area contributed by atoms with E-state index in [-0.39, 0.29) is 17.3 Å². The smallest absolute Gasteiger partial charge is 0.269 e. The molecule has 1 heterocycles. The van der Waals surface area contributed by atoms with Crippen molar-refractivity contribution >= 4 is 29.0 Å². The molecule has 3 rings (SSSR count). The fourth-order valence-corrected chi connectivity index (χ4v) is 2.80. The minimum atomic E-state index is -0.494. The highest BCUT2D eigenvalue weighted by Crippen LogP contribution is 2.20. The quantitative estimate of drug-likeness (QED) is 0.403. The summed E-state index contributed by atoms with van der Waals surface area (Å²) in [5, 5.41) is 25.3. The summed E-state index contributed by atoms with van der Waals surface area (Å²) in [6, 6.07) is 13.3. The molecule has 10 heteroatoms. The Kier molecular flexibility index (Phi) is 5.23. The van der Waals surface area contributed by atoms with Crippen molar-refractivity contribution in [2.45, 2.75) is 12.1 Å². The average Bonchev–Trinajstić information content (AvgIpc) is 3.09. The Morgan fingerprint density at radius 1 is 1.19 bits per heavy atom. The van der Waals surface area contributed by atoms with Crippen molar-refractivity contribution < 1.29 is 9.72 Å². The molecule has 26 heavy (non-hydrogen) atoms. The SMILES string of the molecule is Cc1ccc(-n2nnnc2SCC(=O)Nc2ccc([N+](=O)[O-])cc2)cc1. The molecule has 0 spiro atoms. The van der Waals surface area contributed by atoms with Crippen LogP contribution < -0.4 is 5.32 Å². The van der Waals surface area contributed by atoms with Crippen LogP contribution in [0.25, 0.3) is 5.69 Å². The summed E-state index contributed by atoms with van der Waals surface area (Å²) in [7, 11) is 0. The van der Waals surface area contributed by atoms with Gasteiger partial charge in [-0.15, -0.1) is 5.10 Å². The summed E-state index contributed by atoms with van der Waals surface area (Å²) < 4.78 is 1.56. The van der Waals surface area contributed by atoms with Crippen molar-refractivity contribution in [1.82, 2.24) is 20.2 Å². The van der Waals surface area contributed by atoms with Crippen molar-refractivity contribution in [2.75, 3.05) is 11.1 Å². The number of anilines is 1. The van der Waals surface area contributed by atoms with Crippen LogP contribution in [0.4, 0.5) is 11.4 Å². The standard InChI is InChI=1S/C16H14N6O3S/c1-11-2-6-13(7-3-11)21-16(18-19-20-21)26-10-15(23)17-12-4-8-14(9-5-12)22(24)25/h2-9H,10H2,1H3,(H,17,23). The highest BCUT2D eigenvalue weighted by Gasteiger charge is 2.12. The first-order valence-electron chi connectivity index (χ1n) is 7.55. The monoisotopic (exact) mass is 370 g/mol. The number of aryl methyl sites for hydroxylation is 1. The maximum absolute atomic E-state index is 12.1. The van der Waals surface area contributed by atoms with Gasteiger partial charge in [-0.05, 0) is 41.6 Å². The first-order valence-corrected chi connectivity index (χ1v) is 8.54. The van der Waals surface area contributed by atoms with Gasteiger partial charge in [0.2, 0.25) is 11.1 Å². The molecular formula is C16H14N6O3S. The Bertz CT molecular complexity index is 924.